The summed E-state index contributed by atoms with van der Waals surface area (Å²) >= 11 is 0.832. The summed E-state index contributed by atoms with van der Waals surface area (Å²) < 4.78 is 40.7. The van der Waals surface area contributed by atoms with Crippen LogP contribution in [0.15, 0.2) is 70.5 Å². The van der Waals surface area contributed by atoms with Gasteiger partial charge in [0.05, 0.1) is 22.9 Å². The third-order valence-electron chi connectivity index (χ3n) is 3.81. The monoisotopic (exact) mass is 405 g/mol. The van der Waals surface area contributed by atoms with Crippen LogP contribution >= 0.6 is 11.8 Å². The number of carbonyl (C=O) groups is 1. The summed E-state index contributed by atoms with van der Waals surface area (Å²) in [6.45, 7) is 3.50. The van der Waals surface area contributed by atoms with Gasteiger partial charge in [-0.15, -0.1) is 0 Å². The summed E-state index contributed by atoms with van der Waals surface area (Å²) in [5.41, 5.74) is 0.841. The number of hydrogen-bond acceptors (Lipinski definition) is 4. The van der Waals surface area contributed by atoms with Crippen LogP contribution in [0, 0.1) is 0 Å². The van der Waals surface area contributed by atoms with E-state index in [9.17, 15) is 22.8 Å². The van der Waals surface area contributed by atoms with Gasteiger partial charge in [-0.3, -0.25) is 15.0 Å². The van der Waals surface area contributed by atoms with E-state index in [0.29, 0.717) is 0 Å². The van der Waals surface area contributed by atoms with Crippen LogP contribution in [0.5, 0.6) is 0 Å². The fraction of sp³-hybridized carbons (Fsp3) is 0.105. The van der Waals surface area contributed by atoms with Crippen LogP contribution in [-0.2, 0) is 17.4 Å². The number of benzene rings is 2. The first-order valence-corrected chi connectivity index (χ1v) is 8.93. The Morgan fingerprint density at radius 2 is 1.89 bits per heavy atom. The van der Waals surface area contributed by atoms with Crippen LogP contribution in [0.1, 0.15) is 11.1 Å². The van der Waals surface area contributed by atoms with Gasteiger partial charge in [-0.1, -0.05) is 54.7 Å². The average Bonchev–Trinajstić information content (AvgIpc) is 2.64. The maximum atomic E-state index is 13.3. The number of nitrogens with zero attached hydrogens (tertiary/aromatic N) is 2. The van der Waals surface area contributed by atoms with Crippen molar-refractivity contribution in [3.05, 3.63) is 82.0 Å². The van der Waals surface area contributed by atoms with Crippen LogP contribution in [-0.4, -0.2) is 15.6 Å². The molecule has 5 nitrogen and oxygen atoms in total. The lowest BCUT2D eigenvalue weighted by molar-refractivity contribution is -0.136. The number of amides is 1. The van der Waals surface area contributed by atoms with Crippen molar-refractivity contribution in [1.29, 1.82) is 0 Å². The molecule has 1 amide bonds. The molecule has 0 saturated heterocycles. The van der Waals surface area contributed by atoms with Gasteiger partial charge in [-0.25, -0.2) is 4.98 Å². The van der Waals surface area contributed by atoms with E-state index in [1.807, 2.05) is 0 Å². The van der Waals surface area contributed by atoms with Gasteiger partial charge in [0, 0.05) is 0 Å². The van der Waals surface area contributed by atoms with E-state index < -0.39 is 28.7 Å². The number of hydrogen-bond donors (Lipinski definition) is 1. The van der Waals surface area contributed by atoms with E-state index >= 15 is 0 Å². The van der Waals surface area contributed by atoms with Gasteiger partial charge in [0.25, 0.3) is 5.56 Å². The van der Waals surface area contributed by atoms with Gasteiger partial charge >= 0.3 is 6.18 Å². The van der Waals surface area contributed by atoms with E-state index in [4.69, 9.17) is 0 Å². The lowest BCUT2D eigenvalue weighted by Gasteiger charge is -2.15. The molecule has 0 atom stereocenters. The number of carbonyl (C=O) groups excluding carboxylic acids is 1. The number of aromatic nitrogens is 2. The zero-order valence-electron chi connectivity index (χ0n) is 14.4. The predicted octanol–water partition coefficient (Wildman–Crippen LogP) is 3.96. The molecule has 144 valence electrons. The van der Waals surface area contributed by atoms with Crippen molar-refractivity contribution in [3.63, 3.8) is 0 Å². The van der Waals surface area contributed by atoms with Crippen molar-refractivity contribution in [1.82, 2.24) is 9.66 Å². The standard InChI is InChI=1S/C19H14F3N3O2S/c1-2-28-18-23-16-13(9-6-10-14(16)19(20,21)22)17(27)25(18)24-15(26)11-12-7-4-3-5-8-12/h2-10H,1,11H2,(H,24,26). The van der Waals surface area contributed by atoms with Gasteiger partial charge in [0.2, 0.25) is 5.91 Å². The summed E-state index contributed by atoms with van der Waals surface area (Å²) in [7, 11) is 0. The number of halogens is 3. The number of alkyl halides is 3. The van der Waals surface area contributed by atoms with E-state index in [1.165, 1.54) is 11.5 Å². The molecule has 9 heteroatoms. The molecule has 1 heterocycles. The number of para-hydroxylation sites is 1. The first-order valence-electron chi connectivity index (χ1n) is 8.05. The minimum absolute atomic E-state index is 0.00783. The SMILES string of the molecule is C=CSc1nc2c(C(F)(F)F)cccc2c(=O)n1NC(=O)Cc1ccccc1. The molecule has 0 radical (unpaired) electrons. The molecule has 3 aromatic rings. The van der Waals surface area contributed by atoms with Gasteiger partial charge in [0.1, 0.15) is 0 Å². The summed E-state index contributed by atoms with van der Waals surface area (Å²) in [5.74, 6) is -0.507. The van der Waals surface area contributed by atoms with E-state index in [1.54, 1.807) is 30.3 Å². The summed E-state index contributed by atoms with van der Waals surface area (Å²) in [5, 5.41) is 0.942. The van der Waals surface area contributed by atoms with Gasteiger partial charge in [0.15, 0.2) is 5.16 Å². The topological polar surface area (TPSA) is 64.0 Å². The van der Waals surface area contributed by atoms with Crippen molar-refractivity contribution in [3.8, 4) is 0 Å². The minimum Gasteiger partial charge on any atom is -0.273 e. The van der Waals surface area contributed by atoms with E-state index in [-0.39, 0.29) is 17.0 Å². The Labute approximate surface area is 161 Å². The molecule has 0 aliphatic rings. The van der Waals surface area contributed by atoms with Gasteiger partial charge < -0.3 is 0 Å². The molecule has 1 N–H and O–H groups in total. The molecule has 2 aromatic carbocycles. The molecule has 1 aromatic heterocycles. The normalized spacial score (nSPS) is 11.4. The largest absolute Gasteiger partial charge is 0.418 e. The highest BCUT2D eigenvalue weighted by molar-refractivity contribution is 8.02. The molecule has 0 spiro atoms. The second kappa shape index (κ2) is 7.89. The smallest absolute Gasteiger partial charge is 0.273 e. The van der Waals surface area contributed by atoms with E-state index in [0.717, 1.165) is 34.1 Å². The van der Waals surface area contributed by atoms with Crippen LogP contribution < -0.4 is 11.0 Å². The number of nitrogens with one attached hydrogen (secondary N) is 1. The third kappa shape index (κ3) is 4.09. The van der Waals surface area contributed by atoms with Crippen molar-refractivity contribution >= 4 is 28.6 Å². The fourth-order valence-electron chi connectivity index (χ4n) is 2.62. The Morgan fingerprint density at radius 1 is 1.18 bits per heavy atom. The fourth-order valence-corrected chi connectivity index (χ4v) is 3.14. The molecular weight excluding hydrogens is 391 g/mol. The highest BCUT2D eigenvalue weighted by Gasteiger charge is 2.34. The Morgan fingerprint density at radius 3 is 2.54 bits per heavy atom. The highest BCUT2D eigenvalue weighted by Crippen LogP contribution is 2.33. The quantitative estimate of drug-likeness (QED) is 0.516. The zero-order valence-corrected chi connectivity index (χ0v) is 15.2. The number of rotatable bonds is 5. The Balaban J connectivity index is 2.08. The first kappa shape index (κ1) is 19.7. The maximum Gasteiger partial charge on any atom is 0.418 e. The van der Waals surface area contributed by atoms with Crippen LogP contribution in [0.4, 0.5) is 13.2 Å². The summed E-state index contributed by atoms with van der Waals surface area (Å²) in [4.78, 5) is 29.1. The lowest BCUT2D eigenvalue weighted by Crippen LogP contribution is -2.36. The second-order valence-electron chi connectivity index (χ2n) is 5.72. The average molecular weight is 405 g/mol. The van der Waals surface area contributed by atoms with Crippen molar-refractivity contribution in [2.24, 2.45) is 0 Å². The molecule has 0 bridgehead atoms. The molecule has 0 aliphatic heterocycles. The molecular formula is C19H14F3N3O2S. The first-order chi connectivity index (χ1) is 13.3. The number of fused-ring (bicyclic) bond motifs is 1. The van der Waals surface area contributed by atoms with Crippen molar-refractivity contribution < 1.29 is 18.0 Å². The maximum absolute atomic E-state index is 13.3. The Hall–Kier alpha value is -3.07. The predicted molar refractivity (Wildman–Crippen MR) is 102 cm³/mol. The van der Waals surface area contributed by atoms with Crippen LogP contribution in [0.2, 0.25) is 0 Å². The summed E-state index contributed by atoms with van der Waals surface area (Å²) in [6.07, 6.45) is -4.68. The molecule has 0 aliphatic carbocycles. The van der Waals surface area contributed by atoms with E-state index in [2.05, 4.69) is 17.0 Å². The molecule has 0 saturated carbocycles. The second-order valence-corrected chi connectivity index (χ2v) is 6.65. The van der Waals surface area contributed by atoms with Crippen LogP contribution in [0.25, 0.3) is 10.9 Å². The molecule has 0 fully saturated rings. The lowest BCUT2D eigenvalue weighted by atomic mass is 10.1. The van der Waals surface area contributed by atoms with Gasteiger partial charge in [-0.05, 0) is 23.1 Å². The minimum atomic E-state index is -4.67. The van der Waals surface area contributed by atoms with Crippen molar-refractivity contribution in [2.75, 3.05) is 5.43 Å². The highest BCUT2D eigenvalue weighted by atomic mass is 32.2. The number of thioether (sulfide) groups is 1. The Bertz CT molecular complexity index is 1100. The zero-order chi connectivity index (χ0) is 20.3. The van der Waals surface area contributed by atoms with Crippen LogP contribution in [0.3, 0.4) is 0 Å². The molecule has 0 unspecified atom stereocenters. The Kier molecular flexibility index (Phi) is 5.55. The van der Waals surface area contributed by atoms with Gasteiger partial charge in [-0.2, -0.15) is 17.8 Å². The third-order valence-corrected chi connectivity index (χ3v) is 4.46. The van der Waals surface area contributed by atoms with Crippen molar-refractivity contribution in [2.45, 2.75) is 17.8 Å². The molecule has 28 heavy (non-hydrogen) atoms. The summed E-state index contributed by atoms with van der Waals surface area (Å²) in [6, 6.07) is 12.1. The molecule has 3 rings (SSSR count).